The van der Waals surface area contributed by atoms with E-state index in [9.17, 15) is 4.79 Å². The molecule has 3 nitrogen and oxygen atoms in total. The normalized spacial score (nSPS) is 17.1. The number of ketones is 1. The van der Waals surface area contributed by atoms with Gasteiger partial charge in [-0.2, -0.15) is 0 Å². The van der Waals surface area contributed by atoms with Crippen LogP contribution in [0.4, 0.5) is 11.4 Å². The molecule has 1 aliphatic heterocycles. The van der Waals surface area contributed by atoms with Crippen molar-refractivity contribution < 1.29 is 4.79 Å². The lowest BCUT2D eigenvalue weighted by atomic mass is 10.1. The molecule has 0 aromatic heterocycles. The number of anilines is 2. The van der Waals surface area contributed by atoms with Crippen molar-refractivity contribution in [2.24, 2.45) is 0 Å². The third-order valence-corrected chi connectivity index (χ3v) is 2.49. The third-order valence-electron chi connectivity index (χ3n) is 2.49. The van der Waals surface area contributed by atoms with Crippen LogP contribution in [-0.4, -0.2) is 18.9 Å². The number of rotatable bonds is 1. The van der Waals surface area contributed by atoms with Crippen molar-refractivity contribution in [3.8, 4) is 0 Å². The Balaban J connectivity index is 2.17. The summed E-state index contributed by atoms with van der Waals surface area (Å²) in [5.41, 5.74) is 7.49. The molecule has 74 valence electrons. The number of piperidine rings is 1. The number of hydrogen-bond acceptors (Lipinski definition) is 3. The predicted molar refractivity (Wildman–Crippen MR) is 57.3 cm³/mol. The van der Waals surface area contributed by atoms with Gasteiger partial charge in [0.2, 0.25) is 0 Å². The Labute approximate surface area is 83.5 Å². The van der Waals surface area contributed by atoms with Crippen molar-refractivity contribution in [2.45, 2.75) is 12.8 Å². The molecular formula is C11H14N2O. The van der Waals surface area contributed by atoms with E-state index in [1.807, 2.05) is 24.3 Å². The monoisotopic (exact) mass is 190 g/mol. The van der Waals surface area contributed by atoms with Crippen molar-refractivity contribution in [3.05, 3.63) is 24.3 Å². The number of hydrogen-bond donors (Lipinski definition) is 1. The van der Waals surface area contributed by atoms with E-state index in [4.69, 9.17) is 5.73 Å². The first-order valence-electron chi connectivity index (χ1n) is 4.88. The summed E-state index contributed by atoms with van der Waals surface area (Å²) in [6.45, 7) is 1.48. The molecule has 1 aromatic carbocycles. The molecule has 0 unspecified atom stereocenters. The second-order valence-corrected chi connectivity index (χ2v) is 3.66. The summed E-state index contributed by atoms with van der Waals surface area (Å²) in [5, 5.41) is 0. The molecule has 1 saturated heterocycles. The average Bonchev–Trinajstić information content (AvgIpc) is 2.18. The van der Waals surface area contributed by atoms with Gasteiger partial charge < -0.3 is 10.6 Å². The van der Waals surface area contributed by atoms with Gasteiger partial charge in [-0.05, 0) is 24.6 Å². The van der Waals surface area contributed by atoms with Crippen LogP contribution < -0.4 is 10.6 Å². The average molecular weight is 190 g/mol. The van der Waals surface area contributed by atoms with Crippen molar-refractivity contribution in [1.29, 1.82) is 0 Å². The van der Waals surface area contributed by atoms with E-state index in [2.05, 4.69) is 4.90 Å². The van der Waals surface area contributed by atoms with Crippen LogP contribution in [0.1, 0.15) is 12.8 Å². The maximum atomic E-state index is 11.3. The van der Waals surface area contributed by atoms with Crippen molar-refractivity contribution in [3.63, 3.8) is 0 Å². The van der Waals surface area contributed by atoms with Crippen LogP contribution in [0, 0.1) is 0 Å². The van der Waals surface area contributed by atoms with Crippen molar-refractivity contribution in [1.82, 2.24) is 0 Å². The smallest absolute Gasteiger partial charge is 0.152 e. The topological polar surface area (TPSA) is 46.3 Å². The van der Waals surface area contributed by atoms with Gasteiger partial charge in [0, 0.05) is 24.3 Å². The fourth-order valence-electron chi connectivity index (χ4n) is 1.78. The van der Waals surface area contributed by atoms with Gasteiger partial charge in [0.25, 0.3) is 0 Å². The minimum atomic E-state index is 0.318. The van der Waals surface area contributed by atoms with Gasteiger partial charge >= 0.3 is 0 Å². The molecule has 0 bridgehead atoms. The van der Waals surface area contributed by atoms with Crippen LogP contribution >= 0.6 is 0 Å². The Hall–Kier alpha value is -1.51. The van der Waals surface area contributed by atoms with Gasteiger partial charge in [-0.15, -0.1) is 0 Å². The quantitative estimate of drug-likeness (QED) is 0.681. The first-order valence-corrected chi connectivity index (χ1v) is 4.88. The van der Waals surface area contributed by atoms with Crippen LogP contribution in [0.3, 0.4) is 0 Å². The van der Waals surface area contributed by atoms with Gasteiger partial charge in [-0.1, -0.05) is 6.07 Å². The van der Waals surface area contributed by atoms with Crippen molar-refractivity contribution >= 4 is 17.2 Å². The van der Waals surface area contributed by atoms with Gasteiger partial charge in [0.05, 0.1) is 6.54 Å². The maximum absolute atomic E-state index is 11.3. The number of carbonyl (C=O) groups is 1. The molecule has 2 rings (SSSR count). The summed E-state index contributed by atoms with van der Waals surface area (Å²) in [6, 6.07) is 7.69. The van der Waals surface area contributed by atoms with E-state index < -0.39 is 0 Å². The van der Waals surface area contributed by atoms with Crippen LogP contribution in [-0.2, 0) is 4.79 Å². The molecule has 0 saturated carbocycles. The van der Waals surface area contributed by atoms with Crippen LogP contribution in [0.5, 0.6) is 0 Å². The summed E-state index contributed by atoms with van der Waals surface area (Å²) < 4.78 is 0. The zero-order valence-corrected chi connectivity index (χ0v) is 8.07. The first-order chi connectivity index (χ1) is 6.75. The molecule has 1 aromatic rings. The summed E-state index contributed by atoms with van der Waals surface area (Å²) in [5.74, 6) is 0.318. The lowest BCUT2D eigenvalue weighted by Crippen LogP contribution is -2.35. The molecule has 3 heteroatoms. The molecule has 0 spiro atoms. The standard InChI is InChI=1S/C11H14N2O/c12-9-3-1-4-10(7-9)13-6-2-5-11(14)8-13/h1,3-4,7H,2,5-6,8,12H2. The molecule has 2 N–H and O–H groups in total. The van der Waals surface area contributed by atoms with E-state index in [1.54, 1.807) is 0 Å². The van der Waals surface area contributed by atoms with Gasteiger partial charge in [-0.3, -0.25) is 4.79 Å². The zero-order chi connectivity index (χ0) is 9.97. The van der Waals surface area contributed by atoms with E-state index in [0.29, 0.717) is 12.3 Å². The molecule has 0 radical (unpaired) electrons. The maximum Gasteiger partial charge on any atom is 0.152 e. The van der Waals surface area contributed by atoms with E-state index in [0.717, 1.165) is 30.8 Å². The molecule has 0 atom stereocenters. The Morgan fingerprint density at radius 2 is 2.21 bits per heavy atom. The Morgan fingerprint density at radius 3 is 2.93 bits per heavy atom. The van der Waals surface area contributed by atoms with Gasteiger partial charge in [0.1, 0.15) is 0 Å². The summed E-state index contributed by atoms with van der Waals surface area (Å²) in [4.78, 5) is 13.3. The van der Waals surface area contributed by atoms with E-state index in [-0.39, 0.29) is 0 Å². The lowest BCUT2D eigenvalue weighted by molar-refractivity contribution is -0.118. The van der Waals surface area contributed by atoms with Crippen LogP contribution in [0.2, 0.25) is 0 Å². The fraction of sp³-hybridized carbons (Fsp3) is 0.364. The SMILES string of the molecule is Nc1cccc(N2CCCC(=O)C2)c1. The summed E-state index contributed by atoms with van der Waals surface area (Å²) in [7, 11) is 0. The molecular weight excluding hydrogens is 176 g/mol. The fourth-order valence-corrected chi connectivity index (χ4v) is 1.78. The Bertz CT molecular complexity index is 349. The highest BCUT2D eigenvalue weighted by Crippen LogP contribution is 2.20. The molecule has 0 amide bonds. The highest BCUT2D eigenvalue weighted by molar-refractivity contribution is 5.84. The third kappa shape index (κ3) is 1.87. The second-order valence-electron chi connectivity index (χ2n) is 3.66. The lowest BCUT2D eigenvalue weighted by Gasteiger charge is -2.27. The molecule has 1 aliphatic rings. The molecule has 1 heterocycles. The molecule has 1 fully saturated rings. The molecule has 14 heavy (non-hydrogen) atoms. The van der Waals surface area contributed by atoms with Gasteiger partial charge in [-0.25, -0.2) is 0 Å². The minimum Gasteiger partial charge on any atom is -0.399 e. The van der Waals surface area contributed by atoms with Crippen LogP contribution in [0.15, 0.2) is 24.3 Å². The van der Waals surface area contributed by atoms with Crippen molar-refractivity contribution in [2.75, 3.05) is 23.7 Å². The zero-order valence-electron chi connectivity index (χ0n) is 8.07. The highest BCUT2D eigenvalue weighted by atomic mass is 16.1. The summed E-state index contributed by atoms with van der Waals surface area (Å²) in [6.07, 6.45) is 1.67. The number of benzene rings is 1. The number of nitrogen functional groups attached to an aromatic ring is 1. The number of Topliss-reactive ketones (excluding diaryl/α,β-unsaturated/α-hetero) is 1. The number of nitrogens with two attached hydrogens (primary N) is 1. The summed E-state index contributed by atoms with van der Waals surface area (Å²) >= 11 is 0. The number of carbonyl (C=O) groups excluding carboxylic acids is 1. The Kier molecular flexibility index (Phi) is 2.39. The second kappa shape index (κ2) is 3.70. The first kappa shape index (κ1) is 9.06. The molecule has 0 aliphatic carbocycles. The van der Waals surface area contributed by atoms with E-state index >= 15 is 0 Å². The van der Waals surface area contributed by atoms with Gasteiger partial charge in [0.15, 0.2) is 5.78 Å². The largest absolute Gasteiger partial charge is 0.399 e. The minimum absolute atomic E-state index is 0.318. The predicted octanol–water partition coefficient (Wildman–Crippen LogP) is 1.44. The number of nitrogens with zero attached hydrogens (tertiary/aromatic N) is 1. The Morgan fingerprint density at radius 1 is 1.36 bits per heavy atom. The van der Waals surface area contributed by atoms with E-state index in [1.165, 1.54) is 0 Å². The van der Waals surface area contributed by atoms with Crippen LogP contribution in [0.25, 0.3) is 0 Å². The highest BCUT2D eigenvalue weighted by Gasteiger charge is 2.16.